The highest BCUT2D eigenvalue weighted by Gasteiger charge is 2.41. The van der Waals surface area contributed by atoms with E-state index >= 15 is 0 Å². The zero-order chi connectivity index (χ0) is 23.4. The minimum Gasteiger partial charge on any atom is -0.491 e. The molecule has 3 heterocycles. The van der Waals surface area contributed by atoms with E-state index in [-0.39, 0.29) is 36.4 Å². The van der Waals surface area contributed by atoms with Crippen LogP contribution in [0.5, 0.6) is 5.75 Å². The Kier molecular flexibility index (Phi) is 5.04. The molecule has 1 aromatic heterocycles. The lowest BCUT2D eigenvalue weighted by Gasteiger charge is -2.20. The fourth-order valence-electron chi connectivity index (χ4n) is 5.02. The lowest BCUT2D eigenvalue weighted by molar-refractivity contribution is -0.139. The van der Waals surface area contributed by atoms with Gasteiger partial charge in [-0.05, 0) is 63.1 Å². The van der Waals surface area contributed by atoms with Gasteiger partial charge in [-0.1, -0.05) is 18.2 Å². The highest BCUT2D eigenvalue weighted by atomic mass is 16.5. The van der Waals surface area contributed by atoms with E-state index in [1.54, 1.807) is 0 Å². The van der Waals surface area contributed by atoms with Gasteiger partial charge in [-0.3, -0.25) is 14.5 Å². The predicted octanol–water partition coefficient (Wildman–Crippen LogP) is 5.21. The van der Waals surface area contributed by atoms with Gasteiger partial charge in [-0.25, -0.2) is 0 Å². The number of carbonyl (C=O) groups is 2. The van der Waals surface area contributed by atoms with Gasteiger partial charge < -0.3 is 14.6 Å². The molecule has 0 spiro atoms. The second-order valence-electron chi connectivity index (χ2n) is 9.38. The molecule has 2 aliphatic heterocycles. The van der Waals surface area contributed by atoms with Gasteiger partial charge in [-0.15, -0.1) is 0 Å². The SMILES string of the molecule is CC(=O)N1CC2=C(C1=O)C(c1ccc(OC(C)C)cc1)c1cn(C(C)C)c3cccc(c13)N2. The van der Waals surface area contributed by atoms with Gasteiger partial charge in [0.2, 0.25) is 5.91 Å². The summed E-state index contributed by atoms with van der Waals surface area (Å²) < 4.78 is 8.10. The molecule has 6 nitrogen and oxygen atoms in total. The van der Waals surface area contributed by atoms with Gasteiger partial charge in [0.05, 0.1) is 23.7 Å². The molecule has 3 aromatic rings. The number of amides is 2. The van der Waals surface area contributed by atoms with Crippen LogP contribution in [-0.2, 0) is 9.59 Å². The van der Waals surface area contributed by atoms with Crippen LogP contribution in [0.15, 0.2) is 59.9 Å². The molecule has 2 aliphatic rings. The lowest BCUT2D eigenvalue weighted by Crippen LogP contribution is -2.33. The van der Waals surface area contributed by atoms with E-state index in [4.69, 9.17) is 4.74 Å². The predicted molar refractivity (Wildman–Crippen MR) is 129 cm³/mol. The molecule has 2 aromatic carbocycles. The number of carbonyl (C=O) groups excluding carboxylic acids is 2. The molecule has 6 heteroatoms. The number of benzene rings is 2. The van der Waals surface area contributed by atoms with E-state index in [9.17, 15) is 9.59 Å². The van der Waals surface area contributed by atoms with Crippen molar-refractivity contribution in [1.82, 2.24) is 9.47 Å². The van der Waals surface area contributed by atoms with Crippen LogP contribution in [0.2, 0.25) is 0 Å². The second kappa shape index (κ2) is 7.80. The van der Waals surface area contributed by atoms with Gasteiger partial charge in [0.25, 0.3) is 5.91 Å². The van der Waals surface area contributed by atoms with Crippen LogP contribution >= 0.6 is 0 Å². The molecule has 1 unspecified atom stereocenters. The van der Waals surface area contributed by atoms with Crippen LogP contribution in [0, 0.1) is 0 Å². The molecule has 33 heavy (non-hydrogen) atoms. The molecule has 170 valence electrons. The number of hydrogen-bond donors (Lipinski definition) is 1. The van der Waals surface area contributed by atoms with Crippen LogP contribution in [0.25, 0.3) is 10.9 Å². The summed E-state index contributed by atoms with van der Waals surface area (Å²) in [5.74, 6) is 0.0370. The summed E-state index contributed by atoms with van der Waals surface area (Å²) in [6.07, 6.45) is 2.25. The van der Waals surface area contributed by atoms with E-state index in [0.717, 1.165) is 39.2 Å². The molecule has 0 aliphatic carbocycles. The standard InChI is InChI=1S/C27H29N3O3/c1-15(2)29-13-20-24(18-9-11-19(12-10-18)33-16(3)4)26-22(14-30(17(5)31)27(26)32)28-21-7-6-8-23(29)25(20)21/h6-13,15-16,24,28H,14H2,1-5H3. The average Bonchev–Trinajstić information content (AvgIpc) is 3.25. The van der Waals surface area contributed by atoms with E-state index in [1.165, 1.54) is 11.8 Å². The number of hydrogen-bond acceptors (Lipinski definition) is 4. The number of nitrogens with one attached hydrogen (secondary N) is 1. The molecular formula is C27H29N3O3. The molecule has 1 N–H and O–H groups in total. The number of ether oxygens (including phenoxy) is 1. The van der Waals surface area contributed by atoms with Crippen LogP contribution in [0.3, 0.4) is 0 Å². The van der Waals surface area contributed by atoms with Crippen molar-refractivity contribution in [1.29, 1.82) is 0 Å². The van der Waals surface area contributed by atoms with Crippen molar-refractivity contribution in [2.75, 3.05) is 11.9 Å². The maximum atomic E-state index is 13.5. The van der Waals surface area contributed by atoms with Crippen LogP contribution < -0.4 is 10.1 Å². The molecule has 2 amide bonds. The van der Waals surface area contributed by atoms with Gasteiger partial charge in [-0.2, -0.15) is 0 Å². The highest BCUT2D eigenvalue weighted by molar-refractivity contribution is 6.11. The Bertz CT molecular complexity index is 1300. The quantitative estimate of drug-likeness (QED) is 0.601. The second-order valence-corrected chi connectivity index (χ2v) is 9.38. The molecule has 1 atom stereocenters. The lowest BCUT2D eigenvalue weighted by atomic mass is 9.84. The van der Waals surface area contributed by atoms with Crippen molar-refractivity contribution in [3.8, 4) is 5.75 Å². The van der Waals surface area contributed by atoms with Crippen LogP contribution in [0.1, 0.15) is 57.7 Å². The zero-order valence-corrected chi connectivity index (χ0v) is 19.7. The molecule has 0 saturated heterocycles. The molecule has 0 fully saturated rings. The van der Waals surface area contributed by atoms with Crippen molar-refractivity contribution >= 4 is 28.4 Å². The Morgan fingerprint density at radius 1 is 1.09 bits per heavy atom. The van der Waals surface area contributed by atoms with E-state index in [0.29, 0.717) is 5.57 Å². The number of rotatable bonds is 4. The minimum atomic E-state index is -0.288. The summed E-state index contributed by atoms with van der Waals surface area (Å²) >= 11 is 0. The van der Waals surface area contributed by atoms with Gasteiger partial charge >= 0.3 is 0 Å². The van der Waals surface area contributed by atoms with Crippen molar-refractivity contribution in [2.24, 2.45) is 0 Å². The van der Waals surface area contributed by atoms with Crippen molar-refractivity contribution in [3.63, 3.8) is 0 Å². The smallest absolute Gasteiger partial charge is 0.259 e. The van der Waals surface area contributed by atoms with E-state index in [1.807, 2.05) is 50.2 Å². The molecule has 0 saturated carbocycles. The fourth-order valence-corrected chi connectivity index (χ4v) is 5.02. The number of aromatic nitrogens is 1. The van der Waals surface area contributed by atoms with Crippen LogP contribution in [-0.4, -0.2) is 33.9 Å². The third-order valence-electron chi connectivity index (χ3n) is 6.41. The minimum absolute atomic E-state index is 0.0827. The summed E-state index contributed by atoms with van der Waals surface area (Å²) in [7, 11) is 0. The topological polar surface area (TPSA) is 63.6 Å². The highest BCUT2D eigenvalue weighted by Crippen LogP contribution is 2.47. The Hall–Kier alpha value is -3.54. The Morgan fingerprint density at radius 2 is 1.82 bits per heavy atom. The maximum absolute atomic E-state index is 13.5. The first kappa shape index (κ1) is 21.3. The first-order valence-corrected chi connectivity index (χ1v) is 11.5. The largest absolute Gasteiger partial charge is 0.491 e. The van der Waals surface area contributed by atoms with Gasteiger partial charge in [0, 0.05) is 41.9 Å². The van der Waals surface area contributed by atoms with Crippen molar-refractivity contribution in [2.45, 2.75) is 52.7 Å². The molecule has 5 rings (SSSR count). The summed E-state index contributed by atoms with van der Waals surface area (Å²) in [4.78, 5) is 27.1. The fraction of sp³-hybridized carbons (Fsp3) is 0.333. The van der Waals surface area contributed by atoms with E-state index in [2.05, 4.69) is 36.0 Å². The van der Waals surface area contributed by atoms with Gasteiger partial charge in [0.15, 0.2) is 0 Å². The maximum Gasteiger partial charge on any atom is 0.259 e. The van der Waals surface area contributed by atoms with E-state index < -0.39 is 0 Å². The first-order valence-electron chi connectivity index (χ1n) is 11.5. The normalized spacial score (nSPS) is 17.6. The summed E-state index contributed by atoms with van der Waals surface area (Å²) in [6.45, 7) is 10.0. The summed E-state index contributed by atoms with van der Waals surface area (Å²) in [6, 6.07) is 14.4. The Morgan fingerprint density at radius 3 is 2.45 bits per heavy atom. The third kappa shape index (κ3) is 3.41. The summed E-state index contributed by atoms with van der Waals surface area (Å²) in [5.41, 5.74) is 5.60. The molecule has 0 radical (unpaired) electrons. The Labute approximate surface area is 193 Å². The number of nitrogens with zero attached hydrogens (tertiary/aromatic N) is 2. The van der Waals surface area contributed by atoms with Crippen molar-refractivity contribution in [3.05, 3.63) is 71.1 Å². The van der Waals surface area contributed by atoms with Crippen molar-refractivity contribution < 1.29 is 14.3 Å². The zero-order valence-electron chi connectivity index (χ0n) is 19.7. The number of imide groups is 1. The first-order chi connectivity index (χ1) is 15.8. The average molecular weight is 444 g/mol. The monoisotopic (exact) mass is 443 g/mol. The van der Waals surface area contributed by atoms with Gasteiger partial charge in [0.1, 0.15) is 5.75 Å². The van der Waals surface area contributed by atoms with Crippen LogP contribution in [0.4, 0.5) is 5.69 Å². The number of anilines is 1. The molecule has 0 bridgehead atoms. The third-order valence-corrected chi connectivity index (χ3v) is 6.41. The summed E-state index contributed by atoms with van der Waals surface area (Å²) in [5, 5.41) is 4.64. The molecular weight excluding hydrogens is 414 g/mol. The Balaban J connectivity index is 1.74.